The minimum atomic E-state index is 0.00352. The number of carbonyl (C=O) groups is 1. The van der Waals surface area contributed by atoms with Crippen molar-refractivity contribution in [3.05, 3.63) is 50.4 Å². The van der Waals surface area contributed by atoms with Gasteiger partial charge in [-0.3, -0.25) is 9.78 Å². The summed E-state index contributed by atoms with van der Waals surface area (Å²) >= 11 is 12.9. The first kappa shape index (κ1) is 12.6. The van der Waals surface area contributed by atoms with Crippen LogP contribution < -0.4 is 0 Å². The van der Waals surface area contributed by atoms with Crippen LogP contribution in [-0.2, 0) is 6.42 Å². The van der Waals surface area contributed by atoms with E-state index in [0.29, 0.717) is 27.1 Å². The summed E-state index contributed by atoms with van der Waals surface area (Å²) in [7, 11) is 0. The molecule has 0 fully saturated rings. The highest BCUT2D eigenvalue weighted by Crippen LogP contribution is 2.32. The van der Waals surface area contributed by atoms with E-state index in [-0.39, 0.29) is 5.78 Å². The van der Waals surface area contributed by atoms with Crippen molar-refractivity contribution >= 4 is 40.3 Å². The Morgan fingerprint density at radius 3 is 2.76 bits per heavy atom. The maximum atomic E-state index is 11.9. The van der Waals surface area contributed by atoms with Crippen LogP contribution in [0.5, 0.6) is 0 Å². The Kier molecular flexibility index (Phi) is 4.15. The Balaban J connectivity index is 2.01. The maximum Gasteiger partial charge on any atom is 0.165 e. The third kappa shape index (κ3) is 3.28. The summed E-state index contributed by atoms with van der Waals surface area (Å²) < 4.78 is 0.997. The molecule has 0 radical (unpaired) electrons. The number of rotatable bonds is 4. The molecule has 0 atom stereocenters. The van der Waals surface area contributed by atoms with Crippen LogP contribution in [0.2, 0.25) is 8.67 Å². The van der Waals surface area contributed by atoms with Gasteiger partial charge in [-0.2, -0.15) is 0 Å². The Morgan fingerprint density at radius 1 is 1.35 bits per heavy atom. The van der Waals surface area contributed by atoms with Crippen molar-refractivity contribution in [2.45, 2.75) is 12.8 Å². The zero-order valence-corrected chi connectivity index (χ0v) is 11.1. The minimum absolute atomic E-state index is 0.00352. The van der Waals surface area contributed by atoms with E-state index in [9.17, 15) is 4.79 Å². The summed E-state index contributed by atoms with van der Waals surface area (Å²) in [6.45, 7) is 0. The van der Waals surface area contributed by atoms with E-state index in [1.807, 2.05) is 18.2 Å². The second-order valence-corrected chi connectivity index (χ2v) is 5.77. The van der Waals surface area contributed by atoms with E-state index < -0.39 is 0 Å². The summed E-state index contributed by atoms with van der Waals surface area (Å²) in [5.41, 5.74) is 1.41. The smallest absolute Gasteiger partial charge is 0.165 e. The number of ketones is 1. The van der Waals surface area contributed by atoms with Crippen LogP contribution in [0.25, 0.3) is 0 Å². The van der Waals surface area contributed by atoms with Crippen LogP contribution >= 0.6 is 34.5 Å². The number of carbonyl (C=O) groups excluding carboxylic acids is 1. The first-order valence-electron chi connectivity index (χ1n) is 5.05. The van der Waals surface area contributed by atoms with E-state index >= 15 is 0 Å². The fraction of sp³-hybridized carbons (Fsp3) is 0.167. The summed E-state index contributed by atoms with van der Waals surface area (Å²) in [5.74, 6) is 0.00352. The predicted molar refractivity (Wildman–Crippen MR) is 71.2 cm³/mol. The maximum absolute atomic E-state index is 11.9. The Hall–Kier alpha value is -0.900. The van der Waals surface area contributed by atoms with Crippen molar-refractivity contribution in [3.8, 4) is 0 Å². The first-order chi connectivity index (χ1) is 8.16. The lowest BCUT2D eigenvalue weighted by Crippen LogP contribution is -2.01. The van der Waals surface area contributed by atoms with Crippen molar-refractivity contribution in [1.29, 1.82) is 0 Å². The van der Waals surface area contributed by atoms with Gasteiger partial charge in [0, 0.05) is 23.9 Å². The summed E-state index contributed by atoms with van der Waals surface area (Å²) in [4.78, 5) is 16.1. The fourth-order valence-electron chi connectivity index (χ4n) is 1.45. The molecule has 0 N–H and O–H groups in total. The fourth-order valence-corrected chi connectivity index (χ4v) is 2.95. The molecule has 2 heterocycles. The van der Waals surface area contributed by atoms with Crippen molar-refractivity contribution in [2.75, 3.05) is 0 Å². The highest BCUT2D eigenvalue weighted by Gasteiger charge is 2.14. The van der Waals surface area contributed by atoms with Crippen LogP contribution in [-0.4, -0.2) is 10.8 Å². The van der Waals surface area contributed by atoms with E-state index in [2.05, 4.69) is 4.98 Å². The molecule has 2 rings (SSSR count). The van der Waals surface area contributed by atoms with Gasteiger partial charge in [0.2, 0.25) is 0 Å². The Bertz CT molecular complexity index is 525. The third-order valence-electron chi connectivity index (χ3n) is 2.29. The molecule has 0 amide bonds. The highest BCUT2D eigenvalue weighted by atomic mass is 35.5. The largest absolute Gasteiger partial charge is 0.294 e. The SMILES string of the molecule is O=C(CCc1ccccn1)c1cc(Cl)sc1Cl. The molecule has 0 aliphatic heterocycles. The topological polar surface area (TPSA) is 30.0 Å². The number of Topliss-reactive ketones (excluding diaryl/α,β-unsaturated/α-hetero) is 1. The quantitative estimate of drug-likeness (QED) is 0.786. The van der Waals surface area contributed by atoms with Crippen molar-refractivity contribution in [2.24, 2.45) is 0 Å². The zero-order chi connectivity index (χ0) is 12.3. The molecule has 88 valence electrons. The standard InChI is InChI=1S/C12H9Cl2NOS/c13-11-7-9(12(14)17-11)10(16)5-4-8-3-1-2-6-15-8/h1-3,6-7H,4-5H2. The molecule has 0 bridgehead atoms. The van der Waals surface area contributed by atoms with Gasteiger partial charge in [0.25, 0.3) is 0 Å². The van der Waals surface area contributed by atoms with Gasteiger partial charge in [-0.1, -0.05) is 29.3 Å². The van der Waals surface area contributed by atoms with Crippen LogP contribution in [0, 0.1) is 0 Å². The number of aromatic nitrogens is 1. The van der Waals surface area contributed by atoms with Gasteiger partial charge in [-0.25, -0.2) is 0 Å². The van der Waals surface area contributed by atoms with Crippen LogP contribution in [0.1, 0.15) is 22.5 Å². The molecular weight excluding hydrogens is 277 g/mol. The molecule has 0 aliphatic rings. The monoisotopic (exact) mass is 285 g/mol. The molecule has 0 aliphatic carbocycles. The molecule has 0 saturated heterocycles. The number of hydrogen-bond acceptors (Lipinski definition) is 3. The number of nitrogens with zero attached hydrogens (tertiary/aromatic N) is 1. The predicted octanol–water partition coefficient (Wildman–Crippen LogP) is 4.27. The molecule has 0 unspecified atom stereocenters. The minimum Gasteiger partial charge on any atom is -0.294 e. The van der Waals surface area contributed by atoms with Crippen molar-refractivity contribution < 1.29 is 4.79 Å². The summed E-state index contributed by atoms with van der Waals surface area (Å²) in [6, 6.07) is 7.27. The van der Waals surface area contributed by atoms with Gasteiger partial charge >= 0.3 is 0 Å². The molecule has 17 heavy (non-hydrogen) atoms. The molecule has 2 nitrogen and oxygen atoms in total. The van der Waals surface area contributed by atoms with Crippen molar-refractivity contribution in [3.63, 3.8) is 0 Å². The number of hydrogen-bond donors (Lipinski definition) is 0. The van der Waals surface area contributed by atoms with Gasteiger partial charge in [0.1, 0.15) is 4.34 Å². The second kappa shape index (κ2) is 5.63. The highest BCUT2D eigenvalue weighted by molar-refractivity contribution is 7.20. The second-order valence-electron chi connectivity index (χ2n) is 3.48. The average molecular weight is 286 g/mol. The van der Waals surface area contributed by atoms with Gasteiger partial charge in [0.15, 0.2) is 5.78 Å². The van der Waals surface area contributed by atoms with Gasteiger partial charge in [0.05, 0.1) is 4.34 Å². The lowest BCUT2D eigenvalue weighted by Gasteiger charge is -1.99. The Labute approximate surface area is 113 Å². The molecule has 0 saturated carbocycles. The first-order valence-corrected chi connectivity index (χ1v) is 6.62. The molecule has 0 aromatic carbocycles. The van der Waals surface area contributed by atoms with Gasteiger partial charge in [-0.05, 0) is 24.6 Å². The lowest BCUT2D eigenvalue weighted by atomic mass is 10.1. The number of halogens is 2. The zero-order valence-electron chi connectivity index (χ0n) is 8.82. The van der Waals surface area contributed by atoms with Gasteiger partial charge < -0.3 is 0 Å². The number of thiophene rings is 1. The number of pyridine rings is 1. The molecule has 2 aromatic heterocycles. The third-order valence-corrected chi connectivity index (χ3v) is 3.78. The molecule has 2 aromatic rings. The van der Waals surface area contributed by atoms with Crippen LogP contribution in [0.4, 0.5) is 0 Å². The average Bonchev–Trinajstić information content (AvgIpc) is 2.67. The summed E-state index contributed by atoms with van der Waals surface area (Å²) in [6.07, 6.45) is 2.72. The molecular formula is C12H9Cl2NOS. The lowest BCUT2D eigenvalue weighted by molar-refractivity contribution is 0.0983. The van der Waals surface area contributed by atoms with E-state index in [1.165, 1.54) is 11.3 Å². The normalized spacial score (nSPS) is 10.5. The van der Waals surface area contributed by atoms with E-state index in [1.54, 1.807) is 12.3 Å². The van der Waals surface area contributed by atoms with E-state index in [4.69, 9.17) is 23.2 Å². The van der Waals surface area contributed by atoms with Gasteiger partial charge in [-0.15, -0.1) is 11.3 Å². The van der Waals surface area contributed by atoms with Crippen LogP contribution in [0.15, 0.2) is 30.5 Å². The molecule has 5 heteroatoms. The summed E-state index contributed by atoms with van der Waals surface area (Å²) in [5, 5.41) is 0. The van der Waals surface area contributed by atoms with Crippen LogP contribution in [0.3, 0.4) is 0 Å². The molecule has 0 spiro atoms. The number of aryl methyl sites for hydroxylation is 1. The Morgan fingerprint density at radius 2 is 2.18 bits per heavy atom. The van der Waals surface area contributed by atoms with Crippen molar-refractivity contribution in [1.82, 2.24) is 4.98 Å². The van der Waals surface area contributed by atoms with E-state index in [0.717, 1.165) is 5.69 Å².